The van der Waals surface area contributed by atoms with Crippen molar-refractivity contribution in [3.8, 4) is 0 Å². The largest absolute Gasteiger partial charge is 0.458 e. The van der Waals surface area contributed by atoms with E-state index in [0.717, 1.165) is 0 Å². The lowest BCUT2D eigenvalue weighted by Gasteiger charge is -2.57. The molecular weight excluding hydrogens is 272 g/mol. The van der Waals surface area contributed by atoms with E-state index in [9.17, 15) is 9.90 Å². The first-order valence-corrected chi connectivity index (χ1v) is 7.86. The minimum absolute atomic E-state index is 0.00648. The molecular formula is C16H24O5. The highest BCUT2D eigenvalue weighted by atomic mass is 16.7. The van der Waals surface area contributed by atoms with Crippen molar-refractivity contribution in [1.82, 2.24) is 0 Å². The van der Waals surface area contributed by atoms with Gasteiger partial charge in [0.1, 0.15) is 5.60 Å². The van der Waals surface area contributed by atoms with Crippen molar-refractivity contribution in [2.75, 3.05) is 13.7 Å². The predicted molar refractivity (Wildman–Crippen MR) is 73.2 cm³/mol. The highest BCUT2D eigenvalue weighted by Gasteiger charge is 2.83. The number of carbonyl (C=O) groups is 1. The van der Waals surface area contributed by atoms with E-state index in [-0.39, 0.29) is 28.6 Å². The smallest absolute Gasteiger partial charge is 0.307 e. The maximum absolute atomic E-state index is 12.2. The number of methoxy groups -OCH3 is 1. The molecule has 0 amide bonds. The monoisotopic (exact) mass is 296 g/mol. The Kier molecular flexibility index (Phi) is 2.42. The van der Waals surface area contributed by atoms with Crippen LogP contribution < -0.4 is 0 Å². The molecule has 2 heterocycles. The fourth-order valence-corrected chi connectivity index (χ4v) is 6.06. The molecule has 0 aromatic heterocycles. The molecule has 0 aromatic carbocycles. The Morgan fingerprint density at radius 1 is 1.38 bits per heavy atom. The number of esters is 1. The molecule has 7 atom stereocenters. The van der Waals surface area contributed by atoms with Crippen molar-refractivity contribution in [2.24, 2.45) is 22.7 Å². The van der Waals surface area contributed by atoms with E-state index >= 15 is 0 Å². The number of carbonyl (C=O) groups excluding carboxylic acids is 1. The Hall–Kier alpha value is -0.650. The lowest BCUT2D eigenvalue weighted by atomic mass is 9.48. The zero-order valence-corrected chi connectivity index (χ0v) is 13.1. The summed E-state index contributed by atoms with van der Waals surface area (Å²) >= 11 is 0. The van der Waals surface area contributed by atoms with Crippen LogP contribution in [0.25, 0.3) is 0 Å². The Bertz CT molecular complexity index is 521. The third-order valence-corrected chi connectivity index (χ3v) is 7.56. The van der Waals surface area contributed by atoms with Crippen LogP contribution in [0.15, 0.2) is 0 Å². The van der Waals surface area contributed by atoms with Crippen molar-refractivity contribution in [2.45, 2.75) is 57.5 Å². The third kappa shape index (κ3) is 1.18. The molecule has 0 radical (unpaired) electrons. The van der Waals surface area contributed by atoms with Crippen LogP contribution in [0.4, 0.5) is 0 Å². The van der Waals surface area contributed by atoms with Gasteiger partial charge < -0.3 is 19.3 Å². The first-order valence-electron chi connectivity index (χ1n) is 7.86. The molecule has 4 rings (SSSR count). The van der Waals surface area contributed by atoms with E-state index in [1.807, 2.05) is 6.92 Å². The Morgan fingerprint density at radius 2 is 2.10 bits per heavy atom. The molecule has 5 heteroatoms. The van der Waals surface area contributed by atoms with Gasteiger partial charge in [-0.15, -0.1) is 0 Å². The summed E-state index contributed by atoms with van der Waals surface area (Å²) in [6, 6.07) is 0. The van der Waals surface area contributed by atoms with Crippen LogP contribution in [0, 0.1) is 22.7 Å². The minimum Gasteiger partial charge on any atom is -0.458 e. The molecule has 21 heavy (non-hydrogen) atoms. The summed E-state index contributed by atoms with van der Waals surface area (Å²) < 4.78 is 17.9. The van der Waals surface area contributed by atoms with Gasteiger partial charge in [-0.25, -0.2) is 0 Å². The topological polar surface area (TPSA) is 65.0 Å². The summed E-state index contributed by atoms with van der Waals surface area (Å²) in [6.07, 6.45) is 1.07. The van der Waals surface area contributed by atoms with Gasteiger partial charge in [0.2, 0.25) is 0 Å². The molecule has 2 saturated heterocycles. The van der Waals surface area contributed by atoms with Gasteiger partial charge in [0.05, 0.1) is 19.1 Å². The van der Waals surface area contributed by atoms with Crippen LogP contribution in [0.1, 0.15) is 40.0 Å². The quantitative estimate of drug-likeness (QED) is 0.743. The summed E-state index contributed by atoms with van der Waals surface area (Å²) in [7, 11) is 1.68. The maximum Gasteiger partial charge on any atom is 0.307 e. The average Bonchev–Trinajstić information content (AvgIpc) is 2.92. The second kappa shape index (κ2) is 3.63. The van der Waals surface area contributed by atoms with Gasteiger partial charge in [-0.3, -0.25) is 4.79 Å². The average molecular weight is 296 g/mol. The Morgan fingerprint density at radius 3 is 2.76 bits per heavy atom. The van der Waals surface area contributed by atoms with E-state index in [4.69, 9.17) is 14.2 Å². The molecule has 1 N–H and O–H groups in total. The van der Waals surface area contributed by atoms with E-state index in [1.165, 1.54) is 0 Å². The van der Waals surface area contributed by atoms with Gasteiger partial charge in [-0.2, -0.15) is 0 Å². The number of hydrogen-bond acceptors (Lipinski definition) is 5. The van der Waals surface area contributed by atoms with Crippen LogP contribution in [-0.2, 0) is 19.0 Å². The lowest BCUT2D eigenvalue weighted by Crippen LogP contribution is -2.65. The van der Waals surface area contributed by atoms with Gasteiger partial charge in [-0.1, -0.05) is 20.8 Å². The number of fused-ring (bicyclic) bond motifs is 2. The number of ether oxygens (including phenoxy) is 3. The van der Waals surface area contributed by atoms with E-state index in [0.29, 0.717) is 25.9 Å². The SMILES string of the molecule is CO[C@]12C[C@]34CC(=O)O[C@]3(C[C@@H](O)[C@H]4C)[C@](C)(CO1)C2C. The van der Waals surface area contributed by atoms with Crippen molar-refractivity contribution >= 4 is 5.97 Å². The Labute approximate surface area is 124 Å². The van der Waals surface area contributed by atoms with E-state index < -0.39 is 17.5 Å². The number of rotatable bonds is 1. The summed E-state index contributed by atoms with van der Waals surface area (Å²) in [4.78, 5) is 12.2. The maximum atomic E-state index is 12.2. The predicted octanol–water partition coefficient (Wildman–Crippen LogP) is 1.48. The molecule has 0 aromatic rings. The molecule has 4 aliphatic rings. The first-order chi connectivity index (χ1) is 9.77. The van der Waals surface area contributed by atoms with Gasteiger partial charge >= 0.3 is 5.97 Å². The van der Waals surface area contributed by atoms with Gasteiger partial charge in [0.15, 0.2) is 5.79 Å². The minimum atomic E-state index is -0.662. The summed E-state index contributed by atoms with van der Waals surface area (Å²) in [5.74, 6) is -0.677. The van der Waals surface area contributed by atoms with Crippen molar-refractivity contribution in [1.29, 1.82) is 0 Å². The number of aliphatic hydroxyl groups excluding tert-OH is 1. The summed E-state index contributed by atoms with van der Waals surface area (Å²) in [5.41, 5.74) is -1.32. The number of hydrogen-bond donors (Lipinski definition) is 1. The Balaban J connectivity index is 1.96. The molecule has 0 spiro atoms. The van der Waals surface area contributed by atoms with Crippen LogP contribution in [-0.4, -0.2) is 42.3 Å². The standard InChI is InChI=1S/C16H24O5/c1-9-11(17)5-16-13(3)8-20-15(19-4,10(13)2)7-14(9,16)6-12(18)21-16/h9-11,17H,5-8H2,1-4H3/t9-,10?,11-,13-,14+,15-,16-/m1/s1. The molecule has 2 saturated carbocycles. The van der Waals surface area contributed by atoms with Crippen LogP contribution in [0.3, 0.4) is 0 Å². The highest BCUT2D eigenvalue weighted by molar-refractivity contribution is 5.75. The van der Waals surface area contributed by atoms with Crippen molar-refractivity contribution in [3.63, 3.8) is 0 Å². The van der Waals surface area contributed by atoms with Crippen molar-refractivity contribution in [3.05, 3.63) is 0 Å². The molecule has 5 nitrogen and oxygen atoms in total. The van der Waals surface area contributed by atoms with Gasteiger partial charge in [-0.05, 0) is 5.92 Å². The van der Waals surface area contributed by atoms with E-state index in [1.54, 1.807) is 7.11 Å². The highest BCUT2D eigenvalue weighted by Crippen LogP contribution is 2.76. The fraction of sp³-hybridized carbons (Fsp3) is 0.938. The van der Waals surface area contributed by atoms with Crippen LogP contribution in [0.2, 0.25) is 0 Å². The summed E-state index contributed by atoms with van der Waals surface area (Å²) in [6.45, 7) is 6.80. The lowest BCUT2D eigenvalue weighted by molar-refractivity contribution is -0.270. The molecule has 2 aliphatic carbocycles. The summed E-state index contributed by atoms with van der Waals surface area (Å²) in [5, 5.41) is 10.5. The molecule has 1 unspecified atom stereocenters. The van der Waals surface area contributed by atoms with E-state index in [2.05, 4.69) is 13.8 Å². The molecule has 2 aliphatic heterocycles. The normalized spacial score (nSPS) is 61.6. The van der Waals surface area contributed by atoms with Crippen LogP contribution >= 0.6 is 0 Å². The zero-order chi connectivity index (χ0) is 15.3. The number of aliphatic hydroxyl groups is 1. The third-order valence-electron chi connectivity index (χ3n) is 7.56. The first kappa shape index (κ1) is 14.0. The second-order valence-corrected chi connectivity index (χ2v) is 7.81. The van der Waals surface area contributed by atoms with Crippen molar-refractivity contribution < 1.29 is 24.1 Å². The second-order valence-electron chi connectivity index (χ2n) is 7.81. The van der Waals surface area contributed by atoms with Gasteiger partial charge in [0, 0.05) is 36.7 Å². The molecule has 2 bridgehead atoms. The van der Waals surface area contributed by atoms with Crippen LogP contribution in [0.5, 0.6) is 0 Å². The van der Waals surface area contributed by atoms with Gasteiger partial charge in [0.25, 0.3) is 0 Å². The fourth-order valence-electron chi connectivity index (χ4n) is 6.06. The molecule has 118 valence electrons. The molecule has 4 fully saturated rings. The zero-order valence-electron chi connectivity index (χ0n) is 13.1.